The highest BCUT2D eigenvalue weighted by molar-refractivity contribution is 6.38. The van der Waals surface area contributed by atoms with Crippen LogP contribution in [0.2, 0.25) is 5.02 Å². The van der Waals surface area contributed by atoms with Crippen LogP contribution in [0.5, 0.6) is 5.88 Å². The number of carbonyl (C=O) groups excluding carboxylic acids is 1. The predicted molar refractivity (Wildman–Crippen MR) is 118 cm³/mol. The third-order valence-corrected chi connectivity index (χ3v) is 5.27. The molecule has 0 saturated carbocycles. The number of ether oxygens (including phenoxy) is 2. The molecule has 0 radical (unpaired) electrons. The number of benzene rings is 1. The van der Waals surface area contributed by atoms with Crippen molar-refractivity contribution in [3.63, 3.8) is 0 Å². The lowest BCUT2D eigenvalue weighted by Crippen LogP contribution is -2.42. The van der Waals surface area contributed by atoms with Gasteiger partial charge in [0.1, 0.15) is 23.7 Å². The van der Waals surface area contributed by atoms with E-state index in [1.54, 1.807) is 23.4 Å². The Morgan fingerprint density at radius 3 is 2.73 bits per heavy atom. The Bertz CT molecular complexity index is 1160. The summed E-state index contributed by atoms with van der Waals surface area (Å²) in [6, 6.07) is 5.60. The molecule has 4 rings (SSSR count). The van der Waals surface area contributed by atoms with Crippen molar-refractivity contribution in [1.82, 2.24) is 9.97 Å². The summed E-state index contributed by atoms with van der Waals surface area (Å²) in [5, 5.41) is 2.24. The van der Waals surface area contributed by atoms with Gasteiger partial charge in [0.25, 0.3) is 0 Å². The Labute approximate surface area is 179 Å². The molecule has 2 aromatic heterocycles. The van der Waals surface area contributed by atoms with Crippen molar-refractivity contribution in [2.24, 2.45) is 0 Å². The number of halogens is 1. The second kappa shape index (κ2) is 7.32. The van der Waals surface area contributed by atoms with Crippen molar-refractivity contribution in [2.45, 2.75) is 33.3 Å². The standard InChI is InChI=1S/C22H23ClN4O3/c1-12-16(14-6-5-13-10-25-17(24)9-15(13)18(14)23)11-26-20-19(12)27(7-8-29-20)21(28)30-22(2,3)4/h5-6,9-11H,7-8H2,1-4H3,(H2,24,25). The monoisotopic (exact) mass is 426 g/mol. The maximum absolute atomic E-state index is 12.8. The molecule has 8 heteroatoms. The van der Waals surface area contributed by atoms with Crippen LogP contribution in [0.15, 0.2) is 30.6 Å². The molecular formula is C22H23ClN4O3. The molecule has 7 nitrogen and oxygen atoms in total. The summed E-state index contributed by atoms with van der Waals surface area (Å²) in [6.07, 6.45) is 2.97. The third kappa shape index (κ3) is 3.61. The van der Waals surface area contributed by atoms with Crippen LogP contribution >= 0.6 is 11.6 Å². The van der Waals surface area contributed by atoms with Crippen molar-refractivity contribution in [3.8, 4) is 17.0 Å². The number of nitrogen functional groups attached to an aromatic ring is 1. The average Bonchev–Trinajstić information content (AvgIpc) is 2.68. The van der Waals surface area contributed by atoms with Gasteiger partial charge in [-0.2, -0.15) is 0 Å². The number of nitrogens with zero attached hydrogens (tertiary/aromatic N) is 3. The van der Waals surface area contributed by atoms with Gasteiger partial charge in [0.2, 0.25) is 5.88 Å². The molecule has 0 atom stereocenters. The van der Waals surface area contributed by atoms with Gasteiger partial charge in [0.05, 0.1) is 11.6 Å². The molecule has 0 aliphatic carbocycles. The summed E-state index contributed by atoms with van der Waals surface area (Å²) < 4.78 is 11.3. The minimum Gasteiger partial charge on any atom is -0.474 e. The highest BCUT2D eigenvalue weighted by atomic mass is 35.5. The fraction of sp³-hybridized carbons (Fsp3) is 0.318. The molecule has 1 aromatic carbocycles. The fourth-order valence-electron chi connectivity index (χ4n) is 3.51. The fourth-order valence-corrected chi connectivity index (χ4v) is 3.84. The van der Waals surface area contributed by atoms with Crippen molar-refractivity contribution >= 4 is 40.0 Å². The first kappa shape index (κ1) is 20.2. The molecule has 1 aliphatic heterocycles. The maximum atomic E-state index is 12.8. The average molecular weight is 427 g/mol. The number of nitrogens with two attached hydrogens (primary N) is 1. The number of hydrogen-bond donors (Lipinski definition) is 1. The Balaban J connectivity index is 1.85. The molecular weight excluding hydrogens is 404 g/mol. The summed E-state index contributed by atoms with van der Waals surface area (Å²) >= 11 is 6.74. The maximum Gasteiger partial charge on any atom is 0.415 e. The number of aromatic nitrogens is 2. The largest absolute Gasteiger partial charge is 0.474 e. The molecule has 1 amide bonds. The molecule has 30 heavy (non-hydrogen) atoms. The molecule has 1 aliphatic rings. The SMILES string of the molecule is Cc1c(-c2ccc3cnc(N)cc3c2Cl)cnc2c1N(C(=O)OC(C)(C)C)CCO2. The van der Waals surface area contributed by atoms with E-state index in [4.69, 9.17) is 26.8 Å². The number of pyridine rings is 2. The molecule has 0 bridgehead atoms. The van der Waals surface area contributed by atoms with Crippen LogP contribution in [0, 0.1) is 6.92 Å². The highest BCUT2D eigenvalue weighted by Crippen LogP contribution is 2.42. The third-order valence-electron chi connectivity index (χ3n) is 4.86. The number of anilines is 2. The van der Waals surface area contributed by atoms with Crippen LogP contribution < -0.4 is 15.4 Å². The topological polar surface area (TPSA) is 90.6 Å². The minimum atomic E-state index is -0.607. The number of hydrogen-bond acceptors (Lipinski definition) is 6. The number of rotatable bonds is 1. The zero-order chi connectivity index (χ0) is 21.6. The minimum absolute atomic E-state index is 0.348. The van der Waals surface area contributed by atoms with Gasteiger partial charge in [0, 0.05) is 34.3 Å². The van der Waals surface area contributed by atoms with Gasteiger partial charge >= 0.3 is 6.09 Å². The summed E-state index contributed by atoms with van der Waals surface area (Å²) in [6.45, 7) is 8.15. The summed E-state index contributed by atoms with van der Waals surface area (Å²) in [4.78, 5) is 23.0. The normalized spacial score (nSPS) is 13.7. The van der Waals surface area contributed by atoms with E-state index in [1.807, 2.05) is 39.8 Å². The lowest BCUT2D eigenvalue weighted by molar-refractivity contribution is 0.0566. The Kier molecular flexibility index (Phi) is 4.94. The Morgan fingerprint density at radius 1 is 1.23 bits per heavy atom. The van der Waals surface area contributed by atoms with Gasteiger partial charge in [0.15, 0.2) is 0 Å². The number of fused-ring (bicyclic) bond motifs is 2. The zero-order valence-corrected chi connectivity index (χ0v) is 18.1. The van der Waals surface area contributed by atoms with Crippen molar-refractivity contribution in [3.05, 3.63) is 41.2 Å². The molecule has 3 heterocycles. The van der Waals surface area contributed by atoms with E-state index in [0.29, 0.717) is 35.6 Å². The van der Waals surface area contributed by atoms with Gasteiger partial charge in [-0.25, -0.2) is 14.8 Å². The van der Waals surface area contributed by atoms with E-state index in [2.05, 4.69) is 9.97 Å². The second-order valence-electron chi connectivity index (χ2n) is 8.19. The van der Waals surface area contributed by atoms with E-state index in [-0.39, 0.29) is 0 Å². The van der Waals surface area contributed by atoms with E-state index >= 15 is 0 Å². The van der Waals surface area contributed by atoms with Crippen molar-refractivity contribution in [1.29, 1.82) is 0 Å². The molecule has 0 saturated heterocycles. The van der Waals surface area contributed by atoms with Gasteiger partial charge in [-0.15, -0.1) is 0 Å². The van der Waals surface area contributed by atoms with E-state index in [0.717, 1.165) is 27.5 Å². The van der Waals surface area contributed by atoms with E-state index in [1.165, 1.54) is 0 Å². The quantitative estimate of drug-likeness (QED) is 0.590. The molecule has 3 aromatic rings. The van der Waals surface area contributed by atoms with E-state index < -0.39 is 11.7 Å². The van der Waals surface area contributed by atoms with Gasteiger partial charge in [-0.05, 0) is 39.3 Å². The Hall–Kier alpha value is -3.06. The van der Waals surface area contributed by atoms with Crippen LogP contribution in [-0.2, 0) is 4.74 Å². The van der Waals surface area contributed by atoms with E-state index in [9.17, 15) is 4.79 Å². The molecule has 0 fully saturated rings. The molecule has 0 unspecified atom stereocenters. The first-order valence-electron chi connectivity index (χ1n) is 9.63. The molecule has 2 N–H and O–H groups in total. The smallest absolute Gasteiger partial charge is 0.415 e. The van der Waals surface area contributed by atoms with Gasteiger partial charge < -0.3 is 15.2 Å². The van der Waals surface area contributed by atoms with Crippen LogP contribution in [0.25, 0.3) is 21.9 Å². The van der Waals surface area contributed by atoms with Gasteiger partial charge in [-0.3, -0.25) is 4.90 Å². The summed E-state index contributed by atoms with van der Waals surface area (Å²) in [7, 11) is 0. The van der Waals surface area contributed by atoms with Crippen molar-refractivity contribution in [2.75, 3.05) is 23.8 Å². The lowest BCUT2D eigenvalue weighted by Gasteiger charge is -2.32. The van der Waals surface area contributed by atoms with Gasteiger partial charge in [-0.1, -0.05) is 23.7 Å². The van der Waals surface area contributed by atoms with Crippen LogP contribution in [0.1, 0.15) is 26.3 Å². The van der Waals surface area contributed by atoms with Crippen LogP contribution in [0.4, 0.5) is 16.3 Å². The number of carbonyl (C=O) groups is 1. The van der Waals surface area contributed by atoms with Crippen molar-refractivity contribution < 1.29 is 14.3 Å². The Morgan fingerprint density at radius 2 is 2.00 bits per heavy atom. The molecule has 156 valence electrons. The predicted octanol–water partition coefficient (Wildman–Crippen LogP) is 4.97. The summed E-state index contributed by atoms with van der Waals surface area (Å²) in [5.41, 5.74) is 8.25. The number of amides is 1. The molecule has 0 spiro atoms. The second-order valence-corrected chi connectivity index (χ2v) is 8.57. The van der Waals surface area contributed by atoms with Crippen LogP contribution in [-0.4, -0.2) is 34.8 Å². The first-order chi connectivity index (χ1) is 14.2. The zero-order valence-electron chi connectivity index (χ0n) is 17.3. The summed E-state index contributed by atoms with van der Waals surface area (Å²) in [5.74, 6) is 0.796. The van der Waals surface area contributed by atoms with Crippen LogP contribution in [0.3, 0.4) is 0 Å². The highest BCUT2D eigenvalue weighted by Gasteiger charge is 2.31. The first-order valence-corrected chi connectivity index (χ1v) is 10.0. The lowest BCUT2D eigenvalue weighted by atomic mass is 9.98.